The minimum atomic E-state index is -6.39. The SMILES string of the molecule is [2H]C([2H])([2H])C1(C([2H])([2H])[2H])Sc2c(c(C(=O)O)c3c(c2[C](c2c4c(c(C(=O)O)c5c2SC(C([2H])([2H])[2H])(C([2H])([2H])[2H])S5)SC(C([2H])([2H])[2H])(C([2H])([2H])[2H])S4)c2c4c(c(P(=O)(O)O)c5c2SC(C([2H])([2H])[2H])(C([2H])([2H])[2H])S5)SC(C([2H])([2H])[2H])(C([2H])([2H])[2H])S4)SC(C([2H])([2H])[2H])(C([2H])([2H])[2H])S3)S1. The second-order valence-electron chi connectivity index (χ2n) is 12.6. The van der Waals surface area contributed by atoms with Crippen molar-refractivity contribution in [1.29, 1.82) is 0 Å². The second kappa shape index (κ2) is 14.2. The number of fused-ring (bicyclic) bond motifs is 6. The Morgan fingerprint density at radius 2 is 0.576 bits per heavy atom. The van der Waals surface area contributed by atoms with Gasteiger partial charge in [-0.2, -0.15) is 0 Å². The molecule has 59 heavy (non-hydrogen) atoms. The Morgan fingerprint density at radius 3 is 0.763 bits per heavy atom. The summed E-state index contributed by atoms with van der Waals surface area (Å²) in [5.74, 6) is -5.71. The Morgan fingerprint density at radius 1 is 0.390 bits per heavy atom. The molecule has 1 radical (unpaired) electrons. The maximum absolute atomic E-state index is 14.6. The van der Waals surface area contributed by atoms with E-state index in [2.05, 4.69) is 0 Å². The van der Waals surface area contributed by atoms with Crippen molar-refractivity contribution in [1.82, 2.24) is 0 Å². The molecule has 0 amide bonds. The number of hydrogen-bond acceptors (Lipinski definition) is 15. The third-order valence-corrected chi connectivity index (χ3v) is 24.3. The predicted octanol–water partition coefficient (Wildman–Crippen LogP) is 14.5. The van der Waals surface area contributed by atoms with Gasteiger partial charge in [0, 0.05) is 108 Å². The summed E-state index contributed by atoms with van der Waals surface area (Å²) in [7, 11) is -6.39. The molecule has 6 aliphatic heterocycles. The molecule has 6 aliphatic rings. The summed E-state index contributed by atoms with van der Waals surface area (Å²) in [6.07, 6.45) is 0. The van der Waals surface area contributed by atoms with Crippen molar-refractivity contribution in [2.24, 2.45) is 0 Å². The Bertz CT molecular complexity index is 3410. The number of benzene rings is 3. The van der Waals surface area contributed by atoms with Crippen molar-refractivity contribution in [2.45, 2.75) is 165 Å². The van der Waals surface area contributed by atoms with Crippen molar-refractivity contribution in [2.75, 3.05) is 0 Å². The molecule has 0 saturated heterocycles. The number of thioether (sulfide) groups is 12. The fraction of sp³-hybridized carbons (Fsp3) is 0.462. The lowest BCUT2D eigenvalue weighted by Crippen LogP contribution is -2.19. The van der Waals surface area contributed by atoms with E-state index in [1.54, 1.807) is 0 Å². The Labute approximate surface area is 446 Å². The topological polar surface area (TPSA) is 132 Å². The highest BCUT2D eigenvalue weighted by molar-refractivity contribution is 8.23. The van der Waals surface area contributed by atoms with Gasteiger partial charge in [0.15, 0.2) is 0 Å². The molecule has 9 rings (SSSR count). The molecule has 3 aromatic rings. The quantitative estimate of drug-likeness (QED) is 0.138. The molecule has 20 heteroatoms. The van der Waals surface area contributed by atoms with E-state index < -0.39 is 224 Å². The van der Waals surface area contributed by atoms with Crippen molar-refractivity contribution >= 4 is 166 Å². The molecular formula is C39H40O7PS12. The molecule has 0 unspecified atom stereocenters. The standard InChI is InChI=1S/C39H40O7PS12/c1-34(2)48-20-14(21-27(55-35(3,4)49-21)17(32(40)41)26(20)54-34)13(15-22-28(56-36(5,6)50-22)18(33(42)43)29-23(15)51-37(7,8)57-29)16-24-30(58-38(9,10)52-24)19(47(44,45)46)31-25(16)53-39(11,12)59-31/h1-12H3,(H,40,41)(H,42,43)(H2,44,45,46)/i1D3,2D3,3D3,4D3,5D3,6D3,7D3,8D3,9D3,10D3,11D3,12D3. The van der Waals surface area contributed by atoms with Crippen LogP contribution >= 0.6 is 149 Å². The van der Waals surface area contributed by atoms with Gasteiger partial charge in [-0.05, 0) is 98.9 Å². The van der Waals surface area contributed by atoms with Crippen LogP contribution in [0.25, 0.3) is 0 Å². The number of carboxylic acid groups (broad SMARTS) is 2. The normalized spacial score (nSPS) is 34.5. The van der Waals surface area contributed by atoms with Gasteiger partial charge in [0.25, 0.3) is 0 Å². The molecule has 4 N–H and O–H groups in total. The van der Waals surface area contributed by atoms with Gasteiger partial charge in [-0.1, -0.05) is 0 Å². The van der Waals surface area contributed by atoms with Gasteiger partial charge in [-0.25, -0.2) is 9.59 Å². The summed E-state index contributed by atoms with van der Waals surface area (Å²) >= 11 is -3.74. The molecule has 6 heterocycles. The third-order valence-electron chi connectivity index (χ3n) is 8.36. The van der Waals surface area contributed by atoms with Crippen LogP contribution in [0.3, 0.4) is 0 Å². The molecule has 0 aromatic heterocycles. The highest BCUT2D eigenvalue weighted by Crippen LogP contribution is 2.74. The summed E-state index contributed by atoms with van der Waals surface area (Å²) in [5, 5.41) is 21.4. The lowest BCUT2D eigenvalue weighted by Gasteiger charge is -2.31. The van der Waals surface area contributed by atoms with Crippen LogP contribution in [-0.4, -0.2) is 56.4 Å². The highest BCUT2D eigenvalue weighted by atomic mass is 32.2. The average Bonchev–Trinajstić information content (AvgIpc) is 1.50. The third kappa shape index (κ3) is 7.57. The molecule has 0 spiro atoms. The summed E-state index contributed by atoms with van der Waals surface area (Å²) in [5.41, 5.74) is -6.13. The zero-order valence-corrected chi connectivity index (χ0v) is 38.6. The van der Waals surface area contributed by atoms with Crippen molar-refractivity contribution in [3.8, 4) is 0 Å². The summed E-state index contributed by atoms with van der Waals surface area (Å²) in [6, 6.07) is 0. The molecule has 0 atom stereocenters. The minimum Gasteiger partial charge on any atom is -0.478 e. The molecule has 0 saturated carbocycles. The zero-order valence-electron chi connectivity index (χ0n) is 63.9. The van der Waals surface area contributed by atoms with Crippen LogP contribution in [0.2, 0.25) is 0 Å². The first-order valence-electron chi connectivity index (χ1n) is 33.3. The van der Waals surface area contributed by atoms with E-state index in [1.807, 2.05) is 0 Å². The molecule has 0 aliphatic carbocycles. The van der Waals surface area contributed by atoms with Crippen LogP contribution < -0.4 is 5.30 Å². The van der Waals surface area contributed by atoms with Gasteiger partial charge >= 0.3 is 19.5 Å². The van der Waals surface area contributed by atoms with E-state index in [1.165, 1.54) is 0 Å². The Hall–Kier alpha value is 0.950. The van der Waals surface area contributed by atoms with Crippen molar-refractivity contribution in [3.63, 3.8) is 0 Å². The van der Waals surface area contributed by atoms with Crippen molar-refractivity contribution < 1.29 is 83.5 Å². The van der Waals surface area contributed by atoms with E-state index >= 15 is 0 Å². The van der Waals surface area contributed by atoms with Crippen LogP contribution in [0.5, 0.6) is 0 Å². The van der Waals surface area contributed by atoms with E-state index in [-0.39, 0.29) is 141 Å². The monoisotopic (exact) mass is 1070 g/mol. The first kappa shape index (κ1) is 19.3. The van der Waals surface area contributed by atoms with Gasteiger partial charge in [-0.15, -0.1) is 141 Å². The highest BCUT2D eigenvalue weighted by Gasteiger charge is 2.54. The number of rotatable bonds is 6. The maximum atomic E-state index is 14.6. The summed E-state index contributed by atoms with van der Waals surface area (Å²) in [6.45, 7) is -47.2. The average molecular weight is 1070 g/mol. The van der Waals surface area contributed by atoms with E-state index in [0.717, 1.165) is 0 Å². The van der Waals surface area contributed by atoms with Gasteiger partial charge in [0.05, 0.1) is 46.8 Å². The molecular weight excluding hydrogens is 996 g/mol. The zero-order chi connectivity index (χ0) is 73.1. The number of carbonyl (C=O) groups is 2. The van der Waals surface area contributed by atoms with Crippen LogP contribution in [0.1, 0.15) is 169 Å². The van der Waals surface area contributed by atoms with Gasteiger partial charge in [-0.3, -0.25) is 4.57 Å². The molecule has 0 fully saturated rings. The first-order chi connectivity index (χ1) is 41.9. The summed E-state index contributed by atoms with van der Waals surface area (Å²) < 4.78 is 315. The van der Waals surface area contributed by atoms with Crippen molar-refractivity contribution in [3.05, 3.63) is 33.7 Å². The van der Waals surface area contributed by atoms with E-state index in [0.29, 0.717) is 0 Å². The largest absolute Gasteiger partial charge is 0.478 e. The fourth-order valence-electron chi connectivity index (χ4n) is 6.69. The van der Waals surface area contributed by atoms with E-state index in [9.17, 15) is 34.2 Å². The van der Waals surface area contributed by atoms with Crippen LogP contribution in [0.4, 0.5) is 0 Å². The first-order valence-corrected chi connectivity index (χ1v) is 26.7. The van der Waals surface area contributed by atoms with Crippen LogP contribution in [0.15, 0.2) is 58.7 Å². The van der Waals surface area contributed by atoms with Crippen LogP contribution in [0, 0.1) is 5.92 Å². The summed E-state index contributed by atoms with van der Waals surface area (Å²) in [4.78, 5) is 38.5. The van der Waals surface area contributed by atoms with E-state index in [4.69, 9.17) is 49.3 Å². The number of carboxylic acids is 2. The smallest absolute Gasteiger partial charge is 0.358 e. The van der Waals surface area contributed by atoms with Gasteiger partial charge in [0.2, 0.25) is 0 Å². The van der Waals surface area contributed by atoms with Crippen LogP contribution in [-0.2, 0) is 4.57 Å². The molecule has 7 nitrogen and oxygen atoms in total. The molecule has 3 aromatic carbocycles. The number of aromatic carboxylic acids is 2. The predicted molar refractivity (Wildman–Crippen MR) is 260 cm³/mol. The Balaban J connectivity index is 1.74. The fourth-order valence-corrected chi connectivity index (χ4v) is 23.7. The lowest BCUT2D eigenvalue weighted by molar-refractivity contribution is 0.0677. The van der Waals surface area contributed by atoms with Gasteiger partial charge < -0.3 is 20.0 Å². The maximum Gasteiger partial charge on any atom is 0.358 e. The number of hydrogen-bond donors (Lipinski definition) is 4. The minimum absolute atomic E-state index is 0.278. The molecule has 315 valence electrons. The second-order valence-corrected chi connectivity index (χ2v) is 30.4. The lowest BCUT2D eigenvalue weighted by atomic mass is 9.83. The Kier molecular flexibility index (Phi) is 4.65. The molecule has 0 bridgehead atoms. The van der Waals surface area contributed by atoms with Gasteiger partial charge in [0.1, 0.15) is 0 Å².